The second-order valence-electron chi connectivity index (χ2n) is 11.1. The summed E-state index contributed by atoms with van der Waals surface area (Å²) in [5, 5.41) is 20.5. The normalized spacial score (nSPS) is 16.1. The highest BCUT2D eigenvalue weighted by Crippen LogP contribution is 2.46. The van der Waals surface area contributed by atoms with Crippen LogP contribution >= 0.6 is 0 Å². The first kappa shape index (κ1) is 25.9. The lowest BCUT2D eigenvalue weighted by molar-refractivity contribution is 0.0699. The molecule has 7 rings (SSSR count). The quantitative estimate of drug-likeness (QED) is 0.0914. The Labute approximate surface area is 230 Å². The number of carbonyl (C=O) groups is 3. The summed E-state index contributed by atoms with van der Waals surface area (Å²) >= 11 is 0. The molecule has 2 fully saturated rings. The number of nitrogens with one attached hydrogen (secondary N) is 2. The van der Waals surface area contributed by atoms with Gasteiger partial charge in [-0.1, -0.05) is 67.7 Å². The van der Waals surface area contributed by atoms with E-state index in [1.54, 1.807) is 12.1 Å². The molecule has 1 amide bonds. The number of fused-ring (bicyclic) bond motifs is 2. The third-order valence-corrected chi connectivity index (χ3v) is 9.05. The van der Waals surface area contributed by atoms with Gasteiger partial charge in [0.2, 0.25) is 0 Å². The number of carboxylic acid groups (broad SMARTS) is 1. The van der Waals surface area contributed by atoms with Gasteiger partial charge in [-0.15, -0.1) is 0 Å². The largest absolute Gasteiger partial charge is 0.478 e. The molecule has 0 bridgehead atoms. The first-order valence-electron chi connectivity index (χ1n) is 14.0. The van der Waals surface area contributed by atoms with Crippen LogP contribution in [-0.2, 0) is 0 Å². The van der Waals surface area contributed by atoms with Crippen LogP contribution in [0.1, 0.15) is 93.9 Å². The van der Waals surface area contributed by atoms with Crippen LogP contribution in [0.4, 0.5) is 0 Å². The average molecular weight is 535 g/mol. The van der Waals surface area contributed by atoms with Crippen LogP contribution in [0.5, 0.6) is 0 Å². The minimum atomic E-state index is -1.05. The van der Waals surface area contributed by atoms with E-state index >= 15 is 0 Å². The maximum Gasteiger partial charge on any atom is 0.336 e. The van der Waals surface area contributed by atoms with E-state index in [9.17, 15) is 19.5 Å². The van der Waals surface area contributed by atoms with Crippen molar-refractivity contribution in [3.63, 3.8) is 0 Å². The molecule has 2 saturated carbocycles. The lowest BCUT2D eigenvalue weighted by Crippen LogP contribution is -2.32. The van der Waals surface area contributed by atoms with Crippen molar-refractivity contribution in [2.75, 3.05) is 0 Å². The maximum atomic E-state index is 13.5. The molecule has 2 aliphatic carbocycles. The molecule has 5 aromatic rings. The van der Waals surface area contributed by atoms with E-state index < -0.39 is 5.97 Å². The molecular weight excluding hydrogens is 504 g/mol. The Bertz CT molecular complexity index is 1780. The number of hydrogen-bond donors (Lipinski definition) is 3. The Morgan fingerprint density at radius 3 is 1.82 bits per heavy atom. The van der Waals surface area contributed by atoms with Gasteiger partial charge in [0.05, 0.1) is 5.56 Å². The van der Waals surface area contributed by atoms with Crippen LogP contribution < -0.4 is 5.32 Å². The Morgan fingerprint density at radius 1 is 0.700 bits per heavy atom. The zero-order chi connectivity index (χ0) is 28.0. The molecule has 0 unspecified atom stereocenters. The van der Waals surface area contributed by atoms with Crippen LogP contribution in [-0.4, -0.2) is 29.3 Å². The predicted molar refractivity (Wildman–Crippen MR) is 157 cm³/mol. The molecule has 202 valence electrons. The Balaban J connectivity index is 0.00000142. The summed E-state index contributed by atoms with van der Waals surface area (Å²) in [6.45, 7) is 0. The Hall–Kier alpha value is -4.39. The van der Waals surface area contributed by atoms with Crippen molar-refractivity contribution in [1.29, 1.82) is 5.59 Å². The van der Waals surface area contributed by atoms with Crippen LogP contribution in [0.25, 0.3) is 43.1 Å². The first-order chi connectivity index (χ1) is 19.6. The third kappa shape index (κ3) is 3.91. The average Bonchev–Trinajstić information content (AvgIpc) is 3.71. The number of nitroso groups, excluding NO2 is 1. The SMILES string of the molecule is N=O.O=Cc1ccc2c3ccc(C(=O)NC4CCCC4)c4c(C(=O)O)ccc(c5ccc(C6CCCC6)c1c25)c43. The van der Waals surface area contributed by atoms with Gasteiger partial charge >= 0.3 is 5.97 Å². The van der Waals surface area contributed by atoms with Crippen molar-refractivity contribution in [3.8, 4) is 0 Å². The lowest BCUT2D eigenvalue weighted by Gasteiger charge is -2.21. The van der Waals surface area contributed by atoms with Gasteiger partial charge in [0.1, 0.15) is 0 Å². The standard InChI is InChI=1S/C33H29NO4.HNO/c35-17-19-9-10-22-24-13-15-26(32(36)34-20-7-3-4-8-20)31-27(33(37)38)16-14-25(30(24)31)23-12-11-21(28(19)29(22)23)18-5-1-2-6-18;1-2/h9-18,20H,1-8H2,(H,34,36)(H,37,38);1H. The monoisotopic (exact) mass is 534 g/mol. The molecule has 3 N–H and O–H groups in total. The fourth-order valence-corrected chi connectivity index (χ4v) is 7.32. The minimum Gasteiger partial charge on any atom is -0.478 e. The number of rotatable bonds is 5. The number of aldehydes is 1. The number of hydrogen-bond acceptors (Lipinski definition) is 5. The van der Waals surface area contributed by atoms with Crippen molar-refractivity contribution < 1.29 is 19.5 Å². The smallest absolute Gasteiger partial charge is 0.336 e. The zero-order valence-corrected chi connectivity index (χ0v) is 22.1. The van der Waals surface area contributed by atoms with E-state index in [1.807, 2.05) is 24.3 Å². The van der Waals surface area contributed by atoms with Gasteiger partial charge in [-0.05, 0) is 87.0 Å². The fourth-order valence-electron chi connectivity index (χ4n) is 7.32. The molecule has 7 nitrogen and oxygen atoms in total. The molecule has 40 heavy (non-hydrogen) atoms. The molecule has 2 aliphatic rings. The van der Waals surface area contributed by atoms with Gasteiger partial charge in [-0.2, -0.15) is 4.91 Å². The van der Waals surface area contributed by atoms with Gasteiger partial charge in [0.25, 0.3) is 5.91 Å². The molecule has 7 heteroatoms. The van der Waals surface area contributed by atoms with Gasteiger partial charge in [0.15, 0.2) is 6.29 Å². The van der Waals surface area contributed by atoms with Crippen molar-refractivity contribution in [3.05, 3.63) is 75.7 Å². The molecule has 5 aromatic carbocycles. The molecule has 0 radical (unpaired) electrons. The number of aromatic carboxylic acids is 1. The number of amides is 1. The summed E-state index contributed by atoms with van der Waals surface area (Å²) in [7, 11) is 0. The number of benzene rings is 5. The highest BCUT2D eigenvalue weighted by Gasteiger charge is 2.27. The molecule has 0 heterocycles. The highest BCUT2D eigenvalue weighted by molar-refractivity contribution is 6.37. The number of carbonyl (C=O) groups excluding carboxylic acids is 2. The molecular formula is C33H30N2O5. The van der Waals surface area contributed by atoms with Crippen LogP contribution in [0.15, 0.2) is 48.5 Å². The van der Waals surface area contributed by atoms with Crippen LogP contribution in [0, 0.1) is 10.5 Å². The second kappa shape index (κ2) is 10.3. The van der Waals surface area contributed by atoms with E-state index in [2.05, 4.69) is 23.0 Å². The zero-order valence-electron chi connectivity index (χ0n) is 22.1. The van der Waals surface area contributed by atoms with Crippen LogP contribution in [0.2, 0.25) is 0 Å². The Morgan fingerprint density at radius 2 is 1.23 bits per heavy atom. The summed E-state index contributed by atoms with van der Waals surface area (Å²) in [6, 6.07) is 15.6. The molecule has 0 aliphatic heterocycles. The summed E-state index contributed by atoms with van der Waals surface area (Å²) in [5.74, 6) is -0.824. The van der Waals surface area contributed by atoms with Gasteiger partial charge in [-0.25, -0.2) is 4.79 Å². The molecule has 0 spiro atoms. The minimum absolute atomic E-state index is 0.131. The molecule has 0 atom stereocenters. The Kier molecular flexibility index (Phi) is 6.66. The van der Waals surface area contributed by atoms with Gasteiger partial charge in [-0.3, -0.25) is 9.59 Å². The van der Waals surface area contributed by atoms with Gasteiger partial charge < -0.3 is 10.4 Å². The first-order valence-corrected chi connectivity index (χ1v) is 14.0. The van der Waals surface area contributed by atoms with E-state index in [4.69, 9.17) is 4.91 Å². The lowest BCUT2D eigenvalue weighted by atomic mass is 9.82. The van der Waals surface area contributed by atoms with E-state index in [1.165, 1.54) is 18.4 Å². The third-order valence-electron chi connectivity index (χ3n) is 9.05. The summed E-state index contributed by atoms with van der Waals surface area (Å²) in [5.41, 5.74) is 6.97. The molecule has 0 aromatic heterocycles. The highest BCUT2D eigenvalue weighted by atomic mass is 16.4. The second-order valence-corrected chi connectivity index (χ2v) is 11.1. The fraction of sp³-hybridized carbons (Fsp3) is 0.303. The van der Waals surface area contributed by atoms with E-state index in [-0.39, 0.29) is 17.5 Å². The summed E-state index contributed by atoms with van der Waals surface area (Å²) in [6.07, 6.45) is 9.73. The van der Waals surface area contributed by atoms with E-state index in [0.717, 1.165) is 82.5 Å². The van der Waals surface area contributed by atoms with Crippen molar-refractivity contribution in [2.45, 2.75) is 63.3 Å². The van der Waals surface area contributed by atoms with Crippen LogP contribution in [0.3, 0.4) is 0 Å². The topological polar surface area (TPSA) is 124 Å². The summed E-state index contributed by atoms with van der Waals surface area (Å²) in [4.78, 5) is 45.6. The van der Waals surface area contributed by atoms with E-state index in [0.29, 0.717) is 22.4 Å². The van der Waals surface area contributed by atoms with Crippen molar-refractivity contribution >= 4 is 61.3 Å². The summed E-state index contributed by atoms with van der Waals surface area (Å²) < 4.78 is 0. The van der Waals surface area contributed by atoms with Crippen molar-refractivity contribution in [2.24, 2.45) is 0 Å². The maximum absolute atomic E-state index is 13.5. The van der Waals surface area contributed by atoms with Gasteiger partial charge in [0, 0.05) is 22.6 Å². The number of carboxylic acids is 1. The predicted octanol–water partition coefficient (Wildman–Crippen LogP) is 7.91. The van der Waals surface area contributed by atoms with Crippen molar-refractivity contribution in [1.82, 2.24) is 5.32 Å². The molecule has 0 saturated heterocycles.